The molecule has 1 aromatic carbocycles. The summed E-state index contributed by atoms with van der Waals surface area (Å²) < 4.78 is 0. The Morgan fingerprint density at radius 2 is 1.86 bits per heavy atom. The van der Waals surface area contributed by atoms with Crippen LogP contribution in [0.3, 0.4) is 0 Å². The van der Waals surface area contributed by atoms with Crippen molar-refractivity contribution in [3.8, 4) is 0 Å². The minimum atomic E-state index is -0.193. The first-order valence-electron chi connectivity index (χ1n) is 7.82. The summed E-state index contributed by atoms with van der Waals surface area (Å²) in [4.78, 5) is 12.0. The lowest BCUT2D eigenvalue weighted by molar-refractivity contribution is 0.165. The highest BCUT2D eigenvalue weighted by atomic mass is 32.2. The third-order valence-corrected chi connectivity index (χ3v) is 4.91. The van der Waals surface area contributed by atoms with E-state index in [2.05, 4.69) is 30.7 Å². The van der Waals surface area contributed by atoms with Crippen LogP contribution in [0.1, 0.15) is 38.7 Å². The number of amides is 2. The van der Waals surface area contributed by atoms with Crippen molar-refractivity contribution in [2.45, 2.75) is 38.9 Å². The van der Waals surface area contributed by atoms with Gasteiger partial charge in [0.15, 0.2) is 0 Å². The molecule has 0 saturated carbocycles. The number of hydrogen-bond acceptors (Lipinski definition) is 3. The lowest BCUT2D eigenvalue weighted by Gasteiger charge is -2.31. The first kappa shape index (κ1) is 18.8. The fourth-order valence-corrected chi connectivity index (χ4v) is 3.00. The molecule has 5 heteroatoms. The minimum absolute atomic E-state index is 0.0195. The monoisotopic (exact) mass is 324 g/mol. The molecule has 0 bridgehead atoms. The number of carbonyl (C=O) groups excluding carboxylic acids is 1. The van der Waals surface area contributed by atoms with Gasteiger partial charge in [0.2, 0.25) is 0 Å². The van der Waals surface area contributed by atoms with Crippen LogP contribution >= 0.6 is 11.8 Å². The largest absolute Gasteiger partial charge is 0.396 e. The van der Waals surface area contributed by atoms with Crippen molar-refractivity contribution in [3.63, 3.8) is 0 Å². The van der Waals surface area contributed by atoms with E-state index in [0.29, 0.717) is 13.0 Å². The van der Waals surface area contributed by atoms with Gasteiger partial charge in [-0.05, 0) is 48.6 Å². The Morgan fingerprint density at radius 3 is 2.36 bits per heavy atom. The molecular formula is C17H28N2O2S. The Hall–Kier alpha value is -1.20. The molecule has 0 aliphatic heterocycles. The normalized spacial score (nSPS) is 11.3. The van der Waals surface area contributed by atoms with E-state index in [0.717, 1.165) is 24.3 Å². The highest BCUT2D eigenvalue weighted by Crippen LogP contribution is 2.29. The maximum absolute atomic E-state index is 12.0. The van der Waals surface area contributed by atoms with E-state index in [1.165, 1.54) is 5.56 Å². The fourth-order valence-electron chi connectivity index (χ4n) is 2.47. The predicted molar refractivity (Wildman–Crippen MR) is 95.4 cm³/mol. The molecule has 0 saturated heterocycles. The molecule has 0 aliphatic carbocycles. The van der Waals surface area contributed by atoms with Gasteiger partial charge in [0, 0.05) is 24.6 Å². The SMILES string of the molecule is CCC(CC)(CCO)CNC(=O)Nc1ccc(CSC)cc1. The molecule has 4 nitrogen and oxygen atoms in total. The molecule has 0 unspecified atom stereocenters. The van der Waals surface area contributed by atoms with Crippen LogP contribution in [-0.4, -0.2) is 30.5 Å². The summed E-state index contributed by atoms with van der Waals surface area (Å²) in [6.45, 7) is 4.94. The van der Waals surface area contributed by atoms with E-state index in [-0.39, 0.29) is 18.1 Å². The third-order valence-electron chi connectivity index (χ3n) is 4.29. The first-order chi connectivity index (χ1) is 10.6. The second-order valence-corrected chi connectivity index (χ2v) is 6.48. The van der Waals surface area contributed by atoms with Crippen molar-refractivity contribution in [3.05, 3.63) is 29.8 Å². The van der Waals surface area contributed by atoms with Crippen LogP contribution in [0.25, 0.3) is 0 Å². The molecule has 1 aromatic rings. The van der Waals surface area contributed by atoms with Gasteiger partial charge in [0.05, 0.1) is 0 Å². The maximum atomic E-state index is 12.0. The molecule has 124 valence electrons. The van der Waals surface area contributed by atoms with E-state index in [1.54, 1.807) is 11.8 Å². The molecule has 22 heavy (non-hydrogen) atoms. The number of aliphatic hydroxyl groups excluding tert-OH is 1. The van der Waals surface area contributed by atoms with Crippen LogP contribution in [-0.2, 0) is 5.75 Å². The fraction of sp³-hybridized carbons (Fsp3) is 0.588. The van der Waals surface area contributed by atoms with Gasteiger partial charge in [-0.3, -0.25) is 0 Å². The number of nitrogens with one attached hydrogen (secondary N) is 2. The van der Waals surface area contributed by atoms with Crippen LogP contribution < -0.4 is 10.6 Å². The Morgan fingerprint density at radius 1 is 1.23 bits per heavy atom. The van der Waals surface area contributed by atoms with Crippen LogP contribution in [0.4, 0.5) is 10.5 Å². The number of urea groups is 1. The molecule has 0 radical (unpaired) electrons. The van der Waals surface area contributed by atoms with Gasteiger partial charge in [-0.1, -0.05) is 26.0 Å². The quantitative estimate of drug-likeness (QED) is 0.646. The standard InChI is InChI=1S/C17H28N2O2S/c1-4-17(5-2,10-11-20)13-18-16(21)19-15-8-6-14(7-9-15)12-22-3/h6-9,20H,4-5,10-13H2,1-3H3,(H2,18,19,21). The number of aliphatic hydroxyl groups is 1. The highest BCUT2D eigenvalue weighted by molar-refractivity contribution is 7.97. The molecule has 3 N–H and O–H groups in total. The zero-order chi connectivity index (χ0) is 16.4. The van der Waals surface area contributed by atoms with Gasteiger partial charge in [0.25, 0.3) is 0 Å². The molecule has 0 heterocycles. The Labute approximate surface area is 138 Å². The van der Waals surface area contributed by atoms with Crippen LogP contribution in [0.5, 0.6) is 0 Å². The second kappa shape index (κ2) is 9.74. The number of thioether (sulfide) groups is 1. The average molecular weight is 324 g/mol. The van der Waals surface area contributed by atoms with Gasteiger partial charge in [-0.2, -0.15) is 11.8 Å². The van der Waals surface area contributed by atoms with Crippen molar-refractivity contribution in [2.24, 2.45) is 5.41 Å². The summed E-state index contributed by atoms with van der Waals surface area (Å²) in [7, 11) is 0. The topological polar surface area (TPSA) is 61.4 Å². The zero-order valence-electron chi connectivity index (χ0n) is 13.8. The van der Waals surface area contributed by atoms with Gasteiger partial charge in [0.1, 0.15) is 0 Å². The van der Waals surface area contributed by atoms with Gasteiger partial charge >= 0.3 is 6.03 Å². The van der Waals surface area contributed by atoms with Gasteiger partial charge in [-0.15, -0.1) is 0 Å². The zero-order valence-corrected chi connectivity index (χ0v) is 14.6. The van der Waals surface area contributed by atoms with Gasteiger partial charge in [-0.25, -0.2) is 4.79 Å². The molecule has 0 aromatic heterocycles. The number of anilines is 1. The molecule has 0 atom stereocenters. The van der Waals surface area contributed by atoms with Crippen LogP contribution in [0.15, 0.2) is 24.3 Å². The number of carbonyl (C=O) groups is 1. The Kier molecular flexibility index (Phi) is 8.35. The van der Waals surface area contributed by atoms with Gasteiger partial charge < -0.3 is 15.7 Å². The van der Waals surface area contributed by atoms with E-state index < -0.39 is 0 Å². The van der Waals surface area contributed by atoms with E-state index in [4.69, 9.17) is 0 Å². The molecule has 0 aliphatic rings. The molecule has 0 spiro atoms. The van der Waals surface area contributed by atoms with Crippen molar-refractivity contribution in [1.29, 1.82) is 0 Å². The predicted octanol–water partition coefficient (Wildman–Crippen LogP) is 3.86. The van der Waals surface area contributed by atoms with E-state index >= 15 is 0 Å². The van der Waals surface area contributed by atoms with Crippen molar-refractivity contribution < 1.29 is 9.90 Å². The lowest BCUT2D eigenvalue weighted by atomic mass is 9.79. The summed E-state index contributed by atoms with van der Waals surface area (Å²) >= 11 is 1.77. The second-order valence-electron chi connectivity index (χ2n) is 5.62. The van der Waals surface area contributed by atoms with Crippen LogP contribution in [0, 0.1) is 5.41 Å². The van der Waals surface area contributed by atoms with Crippen molar-refractivity contribution in [2.75, 3.05) is 24.7 Å². The summed E-state index contributed by atoms with van der Waals surface area (Å²) in [5.74, 6) is 0.975. The first-order valence-corrected chi connectivity index (χ1v) is 9.22. The number of rotatable bonds is 9. The summed E-state index contributed by atoms with van der Waals surface area (Å²) in [5, 5.41) is 15.0. The summed E-state index contributed by atoms with van der Waals surface area (Å²) in [6, 6.07) is 7.71. The van der Waals surface area contributed by atoms with Crippen LogP contribution in [0.2, 0.25) is 0 Å². The molecule has 0 fully saturated rings. The smallest absolute Gasteiger partial charge is 0.319 e. The van der Waals surface area contributed by atoms with E-state index in [9.17, 15) is 9.90 Å². The maximum Gasteiger partial charge on any atom is 0.319 e. The molecular weight excluding hydrogens is 296 g/mol. The molecule has 2 amide bonds. The summed E-state index contributed by atoms with van der Waals surface area (Å²) in [5.41, 5.74) is 2.02. The van der Waals surface area contributed by atoms with Crippen molar-refractivity contribution in [1.82, 2.24) is 5.32 Å². The van der Waals surface area contributed by atoms with Crippen molar-refractivity contribution >= 4 is 23.5 Å². The number of benzene rings is 1. The Balaban J connectivity index is 2.51. The minimum Gasteiger partial charge on any atom is -0.396 e. The third kappa shape index (κ3) is 5.89. The highest BCUT2D eigenvalue weighted by Gasteiger charge is 2.26. The number of hydrogen-bond donors (Lipinski definition) is 3. The van der Waals surface area contributed by atoms with E-state index in [1.807, 2.05) is 24.3 Å². The average Bonchev–Trinajstić information content (AvgIpc) is 2.54. The Bertz CT molecular complexity index is 444. The molecule has 1 rings (SSSR count). The summed E-state index contributed by atoms with van der Waals surface area (Å²) in [6.07, 6.45) is 4.66. The lowest BCUT2D eigenvalue weighted by Crippen LogP contribution is -2.39.